The SMILES string of the molecule is CCCCC/C=C\CCCCCCCC(=O)OCC/C=C\C/C=C\CCCCCCCCCCCCCCCCC(=O)NC(COC1OC(CO)C(O)C(O)C1O)C(O)/C=C/CCCCCCCCCCC. The topological polar surface area (TPSA) is 175 Å². The van der Waals surface area contributed by atoms with Gasteiger partial charge in [-0.05, 0) is 77.0 Å². The lowest BCUT2D eigenvalue weighted by Crippen LogP contribution is -2.60. The second-order valence-corrected chi connectivity index (χ2v) is 20.7. The number of hydrogen-bond acceptors (Lipinski definition) is 10. The Balaban J connectivity index is 2.08. The van der Waals surface area contributed by atoms with Gasteiger partial charge in [0.25, 0.3) is 0 Å². The van der Waals surface area contributed by atoms with E-state index in [2.05, 4.69) is 55.6 Å². The average molecular weight is 1020 g/mol. The highest BCUT2D eigenvalue weighted by molar-refractivity contribution is 5.76. The van der Waals surface area contributed by atoms with Crippen LogP contribution in [0, 0.1) is 0 Å². The van der Waals surface area contributed by atoms with Gasteiger partial charge >= 0.3 is 5.97 Å². The van der Waals surface area contributed by atoms with Gasteiger partial charge in [0.1, 0.15) is 24.4 Å². The normalized spacial score (nSPS) is 19.3. The molecule has 1 rings (SSSR count). The summed E-state index contributed by atoms with van der Waals surface area (Å²) in [5.74, 6) is -0.247. The van der Waals surface area contributed by atoms with Gasteiger partial charge in [0, 0.05) is 12.8 Å². The Morgan fingerprint density at radius 1 is 0.514 bits per heavy atom. The molecule has 0 aromatic carbocycles. The number of carbonyl (C=O) groups excluding carboxylic acids is 2. The summed E-state index contributed by atoms with van der Waals surface area (Å²) in [5, 5.41) is 54.3. The number of ether oxygens (including phenoxy) is 3. The van der Waals surface area contributed by atoms with E-state index >= 15 is 0 Å². The molecule has 0 radical (unpaired) electrons. The van der Waals surface area contributed by atoms with Crippen LogP contribution in [0.25, 0.3) is 0 Å². The van der Waals surface area contributed by atoms with Crippen molar-refractivity contribution in [2.45, 2.75) is 307 Å². The van der Waals surface area contributed by atoms with Crippen molar-refractivity contribution in [3.8, 4) is 0 Å². The quantitative estimate of drug-likeness (QED) is 0.0195. The molecule has 1 saturated heterocycles. The van der Waals surface area contributed by atoms with E-state index in [0.717, 1.165) is 70.6 Å². The molecular weight excluding hydrogens is 907 g/mol. The molecule has 1 fully saturated rings. The maximum absolute atomic E-state index is 13.0. The first kappa shape index (κ1) is 67.6. The van der Waals surface area contributed by atoms with Gasteiger partial charge in [-0.25, -0.2) is 0 Å². The minimum Gasteiger partial charge on any atom is -0.465 e. The Morgan fingerprint density at radius 3 is 1.44 bits per heavy atom. The summed E-state index contributed by atoms with van der Waals surface area (Å²) in [4.78, 5) is 25.0. The summed E-state index contributed by atoms with van der Waals surface area (Å²) in [7, 11) is 0. The van der Waals surface area contributed by atoms with E-state index in [-0.39, 0.29) is 18.5 Å². The van der Waals surface area contributed by atoms with Gasteiger partial charge in [0.15, 0.2) is 6.29 Å². The maximum atomic E-state index is 13.0. The van der Waals surface area contributed by atoms with E-state index in [0.29, 0.717) is 19.4 Å². The summed E-state index contributed by atoms with van der Waals surface area (Å²) in [5.41, 5.74) is 0. The van der Waals surface area contributed by atoms with Gasteiger partial charge in [-0.3, -0.25) is 9.59 Å². The molecule has 11 heteroatoms. The van der Waals surface area contributed by atoms with Crippen LogP contribution in [0.4, 0.5) is 0 Å². The maximum Gasteiger partial charge on any atom is 0.305 e. The number of hydrogen-bond donors (Lipinski definition) is 6. The molecule has 1 heterocycles. The van der Waals surface area contributed by atoms with Crippen LogP contribution in [0.2, 0.25) is 0 Å². The largest absolute Gasteiger partial charge is 0.465 e. The van der Waals surface area contributed by atoms with Gasteiger partial charge in [0.2, 0.25) is 5.91 Å². The van der Waals surface area contributed by atoms with E-state index in [4.69, 9.17) is 14.2 Å². The molecule has 0 bridgehead atoms. The van der Waals surface area contributed by atoms with Gasteiger partial charge in [0.05, 0.1) is 32.0 Å². The van der Waals surface area contributed by atoms with Crippen molar-refractivity contribution >= 4 is 11.9 Å². The third kappa shape index (κ3) is 40.0. The number of allylic oxidation sites excluding steroid dienone is 6. The fourth-order valence-electron chi connectivity index (χ4n) is 9.15. The number of esters is 1. The molecule has 11 nitrogen and oxygen atoms in total. The molecule has 7 atom stereocenters. The lowest BCUT2D eigenvalue weighted by Gasteiger charge is -2.40. The smallest absolute Gasteiger partial charge is 0.305 e. The number of unbranched alkanes of at least 4 members (excludes halogenated alkanes) is 31. The van der Waals surface area contributed by atoms with Crippen LogP contribution in [0.15, 0.2) is 48.6 Å². The van der Waals surface area contributed by atoms with Crippen LogP contribution in [0.3, 0.4) is 0 Å². The second kappa shape index (κ2) is 50.8. The molecule has 72 heavy (non-hydrogen) atoms. The minimum absolute atomic E-state index is 0.0590. The van der Waals surface area contributed by atoms with Crippen molar-refractivity contribution in [3.63, 3.8) is 0 Å². The standard InChI is InChI=1S/C61H111NO10/c1-3-5-7-9-11-13-15-29-33-37-41-45-49-57(66)70-50-46-42-38-34-30-26-24-22-20-18-16-17-19-21-23-25-28-32-36-40-44-48-56(65)62-53(52-71-61-60(69)59(68)58(67)55(51-63)72-61)54(64)47-43-39-35-31-27-14-12-10-8-6-4-2/h11,13,26,30,38,42-43,47,53-55,58-61,63-64,67-69H,3-10,12,14-25,27-29,31-37,39-41,44-46,48-52H2,1-2H3,(H,62,65)/b13-11-,30-26-,42-38-,47-43+. The first-order chi connectivity index (χ1) is 35.2. The van der Waals surface area contributed by atoms with E-state index < -0.39 is 49.5 Å². The Kier molecular flexibility index (Phi) is 47.7. The Hall–Kier alpha value is -2.38. The molecule has 1 aliphatic heterocycles. The van der Waals surface area contributed by atoms with E-state index in [1.54, 1.807) is 6.08 Å². The third-order valence-electron chi connectivity index (χ3n) is 13.9. The van der Waals surface area contributed by atoms with Crippen molar-refractivity contribution < 1.29 is 49.3 Å². The second-order valence-electron chi connectivity index (χ2n) is 20.7. The van der Waals surface area contributed by atoms with Gasteiger partial charge in [-0.15, -0.1) is 0 Å². The van der Waals surface area contributed by atoms with Crippen molar-refractivity contribution in [2.24, 2.45) is 0 Å². The van der Waals surface area contributed by atoms with Crippen LogP contribution in [-0.2, 0) is 23.8 Å². The number of aliphatic hydroxyl groups excluding tert-OH is 5. The lowest BCUT2D eigenvalue weighted by molar-refractivity contribution is -0.302. The monoisotopic (exact) mass is 1020 g/mol. The molecule has 7 unspecified atom stereocenters. The van der Waals surface area contributed by atoms with Crippen molar-refractivity contribution in [2.75, 3.05) is 19.8 Å². The molecule has 1 aliphatic rings. The fourth-order valence-corrected chi connectivity index (χ4v) is 9.15. The van der Waals surface area contributed by atoms with Crippen LogP contribution in [0.5, 0.6) is 0 Å². The molecule has 0 aliphatic carbocycles. The number of carbonyl (C=O) groups is 2. The van der Waals surface area contributed by atoms with Gasteiger partial charge in [-0.1, -0.05) is 223 Å². The molecule has 6 N–H and O–H groups in total. The highest BCUT2D eigenvalue weighted by Crippen LogP contribution is 2.23. The number of aliphatic hydroxyl groups is 5. The highest BCUT2D eigenvalue weighted by atomic mass is 16.7. The molecular formula is C61H111NO10. The summed E-state index contributed by atoms with van der Waals surface area (Å²) >= 11 is 0. The summed E-state index contributed by atoms with van der Waals surface area (Å²) in [6.07, 6.45) is 53.6. The van der Waals surface area contributed by atoms with E-state index in [9.17, 15) is 35.1 Å². The van der Waals surface area contributed by atoms with Crippen LogP contribution in [-0.4, -0.2) is 100 Å². The minimum atomic E-state index is -1.57. The molecule has 0 aromatic rings. The lowest BCUT2D eigenvalue weighted by atomic mass is 9.99. The molecule has 420 valence electrons. The molecule has 0 spiro atoms. The summed E-state index contributed by atoms with van der Waals surface area (Å²) < 4.78 is 16.6. The van der Waals surface area contributed by atoms with E-state index in [1.165, 1.54) is 167 Å². The van der Waals surface area contributed by atoms with Crippen LogP contribution in [0.1, 0.15) is 264 Å². The Labute approximate surface area is 440 Å². The van der Waals surface area contributed by atoms with Crippen molar-refractivity contribution in [1.29, 1.82) is 0 Å². The predicted octanol–water partition coefficient (Wildman–Crippen LogP) is 13.7. The van der Waals surface area contributed by atoms with Gasteiger partial charge < -0.3 is 45.1 Å². The molecule has 1 amide bonds. The van der Waals surface area contributed by atoms with Crippen LogP contribution >= 0.6 is 0 Å². The van der Waals surface area contributed by atoms with E-state index in [1.807, 2.05) is 6.08 Å². The summed E-state index contributed by atoms with van der Waals surface area (Å²) in [6.45, 7) is 4.19. The Morgan fingerprint density at radius 2 is 0.931 bits per heavy atom. The molecule has 0 saturated carbocycles. The first-order valence-corrected chi connectivity index (χ1v) is 29.9. The number of amides is 1. The predicted molar refractivity (Wildman–Crippen MR) is 297 cm³/mol. The zero-order valence-electron chi connectivity index (χ0n) is 46.1. The number of nitrogens with one attached hydrogen (secondary N) is 1. The fraction of sp³-hybridized carbons (Fsp3) is 0.836. The zero-order valence-corrected chi connectivity index (χ0v) is 46.1. The van der Waals surface area contributed by atoms with Crippen molar-refractivity contribution in [1.82, 2.24) is 5.32 Å². The average Bonchev–Trinajstić information content (AvgIpc) is 3.38. The zero-order chi connectivity index (χ0) is 52.4. The van der Waals surface area contributed by atoms with Crippen molar-refractivity contribution in [3.05, 3.63) is 48.6 Å². The van der Waals surface area contributed by atoms with Gasteiger partial charge in [-0.2, -0.15) is 0 Å². The van der Waals surface area contributed by atoms with Crippen LogP contribution < -0.4 is 5.32 Å². The number of rotatable bonds is 51. The summed E-state index contributed by atoms with van der Waals surface area (Å²) in [6, 6.07) is -0.814. The third-order valence-corrected chi connectivity index (χ3v) is 13.9. The highest BCUT2D eigenvalue weighted by Gasteiger charge is 2.44. The molecule has 0 aromatic heterocycles. The Bertz CT molecular complexity index is 1340. The first-order valence-electron chi connectivity index (χ1n) is 29.9.